The standard InChI is InChI=1S/C15H25N3O3.HI/c1-16-15(17-7-8-21-10-9-19-2)18-12-13-5-4-6-14(11-13)20-3;/h4-6,11H,7-10,12H2,1-3H3,(H2,16,17,18);1H. The van der Waals surface area contributed by atoms with Gasteiger partial charge < -0.3 is 24.8 Å². The third kappa shape index (κ3) is 9.06. The number of guanidine groups is 1. The monoisotopic (exact) mass is 423 g/mol. The second kappa shape index (κ2) is 13.6. The summed E-state index contributed by atoms with van der Waals surface area (Å²) in [5.41, 5.74) is 1.13. The van der Waals surface area contributed by atoms with Crippen molar-refractivity contribution in [2.75, 3.05) is 47.6 Å². The van der Waals surface area contributed by atoms with Gasteiger partial charge in [0.25, 0.3) is 0 Å². The molecule has 7 heteroatoms. The Labute approximate surface area is 149 Å². The molecular weight excluding hydrogens is 397 g/mol. The van der Waals surface area contributed by atoms with E-state index in [0.29, 0.717) is 32.9 Å². The van der Waals surface area contributed by atoms with Crippen molar-refractivity contribution in [1.29, 1.82) is 0 Å². The van der Waals surface area contributed by atoms with Crippen molar-refractivity contribution in [3.63, 3.8) is 0 Å². The molecule has 1 aromatic rings. The van der Waals surface area contributed by atoms with Crippen LogP contribution in [0.5, 0.6) is 5.75 Å². The van der Waals surface area contributed by atoms with Crippen LogP contribution in [0, 0.1) is 0 Å². The number of methoxy groups -OCH3 is 2. The van der Waals surface area contributed by atoms with E-state index >= 15 is 0 Å². The Bertz CT molecular complexity index is 430. The summed E-state index contributed by atoms with van der Waals surface area (Å²) in [6.07, 6.45) is 0. The summed E-state index contributed by atoms with van der Waals surface area (Å²) in [6, 6.07) is 7.93. The molecular formula is C15H26IN3O3. The molecule has 0 bridgehead atoms. The van der Waals surface area contributed by atoms with E-state index in [0.717, 1.165) is 17.3 Å². The van der Waals surface area contributed by atoms with Crippen LogP contribution < -0.4 is 15.4 Å². The smallest absolute Gasteiger partial charge is 0.191 e. The van der Waals surface area contributed by atoms with Gasteiger partial charge in [-0.25, -0.2) is 0 Å². The van der Waals surface area contributed by atoms with Gasteiger partial charge in [0.15, 0.2) is 5.96 Å². The number of nitrogens with one attached hydrogen (secondary N) is 2. The zero-order valence-corrected chi connectivity index (χ0v) is 15.8. The van der Waals surface area contributed by atoms with Crippen LogP contribution in [0.25, 0.3) is 0 Å². The maximum atomic E-state index is 5.38. The molecule has 1 aromatic carbocycles. The van der Waals surface area contributed by atoms with Crippen molar-refractivity contribution in [1.82, 2.24) is 10.6 Å². The number of ether oxygens (including phenoxy) is 3. The van der Waals surface area contributed by atoms with E-state index < -0.39 is 0 Å². The molecule has 0 aliphatic heterocycles. The topological polar surface area (TPSA) is 64.1 Å². The summed E-state index contributed by atoms with van der Waals surface area (Å²) in [5, 5.41) is 6.43. The van der Waals surface area contributed by atoms with Crippen LogP contribution in [0.2, 0.25) is 0 Å². The van der Waals surface area contributed by atoms with Crippen molar-refractivity contribution in [3.8, 4) is 5.75 Å². The third-order valence-electron chi connectivity index (χ3n) is 2.79. The molecule has 0 atom stereocenters. The molecule has 0 aliphatic rings. The predicted molar refractivity (Wildman–Crippen MR) is 99.3 cm³/mol. The van der Waals surface area contributed by atoms with Crippen LogP contribution >= 0.6 is 24.0 Å². The molecule has 0 radical (unpaired) electrons. The molecule has 0 unspecified atom stereocenters. The summed E-state index contributed by atoms with van der Waals surface area (Å²) in [6.45, 7) is 3.21. The summed E-state index contributed by atoms with van der Waals surface area (Å²) >= 11 is 0. The quantitative estimate of drug-likeness (QED) is 0.274. The number of halogens is 1. The Morgan fingerprint density at radius 1 is 1.14 bits per heavy atom. The summed E-state index contributed by atoms with van der Waals surface area (Å²) in [4.78, 5) is 4.16. The first kappa shape index (κ1) is 20.9. The Balaban J connectivity index is 0.00000441. The molecule has 0 aromatic heterocycles. The molecule has 0 saturated carbocycles. The summed E-state index contributed by atoms with van der Waals surface area (Å²) in [7, 11) is 5.06. The Hall–Kier alpha value is -1.06. The van der Waals surface area contributed by atoms with Crippen molar-refractivity contribution in [3.05, 3.63) is 29.8 Å². The van der Waals surface area contributed by atoms with E-state index in [9.17, 15) is 0 Å². The number of rotatable bonds is 9. The van der Waals surface area contributed by atoms with Gasteiger partial charge >= 0.3 is 0 Å². The lowest BCUT2D eigenvalue weighted by Gasteiger charge is -2.12. The fourth-order valence-corrected chi connectivity index (χ4v) is 1.67. The number of benzene rings is 1. The van der Waals surface area contributed by atoms with E-state index in [4.69, 9.17) is 14.2 Å². The van der Waals surface area contributed by atoms with Crippen LogP contribution in [0.1, 0.15) is 5.56 Å². The number of aliphatic imine (C=N–C) groups is 1. The van der Waals surface area contributed by atoms with Crippen molar-refractivity contribution >= 4 is 29.9 Å². The van der Waals surface area contributed by atoms with Crippen molar-refractivity contribution in [2.45, 2.75) is 6.54 Å². The van der Waals surface area contributed by atoms with Gasteiger partial charge in [0.2, 0.25) is 0 Å². The van der Waals surface area contributed by atoms with Gasteiger partial charge in [0.1, 0.15) is 5.75 Å². The van der Waals surface area contributed by atoms with E-state index in [1.165, 1.54) is 0 Å². The molecule has 6 nitrogen and oxygen atoms in total. The van der Waals surface area contributed by atoms with Crippen molar-refractivity contribution < 1.29 is 14.2 Å². The fourth-order valence-electron chi connectivity index (χ4n) is 1.67. The fraction of sp³-hybridized carbons (Fsp3) is 0.533. The van der Waals surface area contributed by atoms with Crippen LogP contribution in [0.4, 0.5) is 0 Å². The normalized spacial score (nSPS) is 10.8. The van der Waals surface area contributed by atoms with E-state index in [-0.39, 0.29) is 24.0 Å². The van der Waals surface area contributed by atoms with Crippen LogP contribution in [0.15, 0.2) is 29.3 Å². The second-order valence-electron chi connectivity index (χ2n) is 4.31. The highest BCUT2D eigenvalue weighted by molar-refractivity contribution is 14.0. The number of hydrogen-bond donors (Lipinski definition) is 2. The lowest BCUT2D eigenvalue weighted by Crippen LogP contribution is -2.38. The highest BCUT2D eigenvalue weighted by Crippen LogP contribution is 2.11. The number of nitrogens with zero attached hydrogens (tertiary/aromatic N) is 1. The molecule has 0 aliphatic carbocycles. The van der Waals surface area contributed by atoms with Crippen molar-refractivity contribution in [2.24, 2.45) is 4.99 Å². The van der Waals surface area contributed by atoms with Crippen LogP contribution in [-0.2, 0) is 16.0 Å². The van der Waals surface area contributed by atoms with Gasteiger partial charge in [-0.3, -0.25) is 4.99 Å². The lowest BCUT2D eigenvalue weighted by molar-refractivity contribution is 0.0733. The average Bonchev–Trinajstić information content (AvgIpc) is 2.53. The average molecular weight is 423 g/mol. The second-order valence-corrected chi connectivity index (χ2v) is 4.31. The minimum absolute atomic E-state index is 0. The van der Waals surface area contributed by atoms with Gasteiger partial charge in [0.05, 0.1) is 26.9 Å². The molecule has 0 fully saturated rings. The molecule has 0 heterocycles. The van der Waals surface area contributed by atoms with Gasteiger partial charge in [-0.1, -0.05) is 12.1 Å². The maximum Gasteiger partial charge on any atom is 0.191 e. The van der Waals surface area contributed by atoms with E-state index in [1.807, 2.05) is 24.3 Å². The Morgan fingerprint density at radius 3 is 2.64 bits per heavy atom. The van der Waals surface area contributed by atoms with Crippen LogP contribution in [-0.4, -0.2) is 53.6 Å². The zero-order chi connectivity index (χ0) is 15.3. The highest BCUT2D eigenvalue weighted by atomic mass is 127. The van der Waals surface area contributed by atoms with E-state index in [1.54, 1.807) is 21.3 Å². The zero-order valence-electron chi connectivity index (χ0n) is 13.4. The summed E-state index contributed by atoms with van der Waals surface area (Å²) < 4.78 is 15.5. The Kier molecular flexibility index (Phi) is 12.9. The summed E-state index contributed by atoms with van der Waals surface area (Å²) in [5.74, 6) is 1.59. The van der Waals surface area contributed by atoms with Crippen LogP contribution in [0.3, 0.4) is 0 Å². The van der Waals surface area contributed by atoms with Gasteiger partial charge in [-0.05, 0) is 17.7 Å². The molecule has 22 heavy (non-hydrogen) atoms. The maximum absolute atomic E-state index is 5.38. The molecule has 126 valence electrons. The lowest BCUT2D eigenvalue weighted by atomic mass is 10.2. The molecule has 1 rings (SSSR count). The van der Waals surface area contributed by atoms with E-state index in [2.05, 4.69) is 15.6 Å². The third-order valence-corrected chi connectivity index (χ3v) is 2.79. The molecule has 2 N–H and O–H groups in total. The SMILES string of the molecule is CN=C(NCCOCCOC)NCc1cccc(OC)c1.I. The number of hydrogen-bond acceptors (Lipinski definition) is 4. The largest absolute Gasteiger partial charge is 0.497 e. The minimum Gasteiger partial charge on any atom is -0.497 e. The molecule has 0 saturated heterocycles. The van der Waals surface area contributed by atoms with Gasteiger partial charge in [0, 0.05) is 27.2 Å². The minimum atomic E-state index is 0. The first-order chi connectivity index (χ1) is 10.3. The Morgan fingerprint density at radius 2 is 1.95 bits per heavy atom. The predicted octanol–water partition coefficient (Wildman–Crippen LogP) is 1.64. The van der Waals surface area contributed by atoms with Gasteiger partial charge in [-0.15, -0.1) is 24.0 Å². The first-order valence-corrected chi connectivity index (χ1v) is 6.94. The highest BCUT2D eigenvalue weighted by Gasteiger charge is 1.99. The first-order valence-electron chi connectivity index (χ1n) is 6.94. The molecule has 0 amide bonds. The van der Waals surface area contributed by atoms with Gasteiger partial charge in [-0.2, -0.15) is 0 Å². The molecule has 0 spiro atoms.